The van der Waals surface area contributed by atoms with Gasteiger partial charge in [0.25, 0.3) is 0 Å². The minimum absolute atomic E-state index is 0.324. The normalized spacial score (nSPS) is 14.6. The van der Waals surface area contributed by atoms with Gasteiger partial charge in [0.05, 0.1) is 6.10 Å². The molecule has 0 heterocycles. The molecule has 1 heteroatoms. The van der Waals surface area contributed by atoms with Crippen molar-refractivity contribution in [2.24, 2.45) is 5.92 Å². The fourth-order valence-corrected chi connectivity index (χ4v) is 0.692. The highest BCUT2D eigenvalue weighted by Crippen LogP contribution is 2.06. The van der Waals surface area contributed by atoms with Crippen LogP contribution in [0.15, 0.2) is 0 Å². The van der Waals surface area contributed by atoms with Gasteiger partial charge in [0.15, 0.2) is 0 Å². The molecule has 0 aliphatic heterocycles. The van der Waals surface area contributed by atoms with Crippen LogP contribution in [0.25, 0.3) is 0 Å². The lowest BCUT2D eigenvalue weighted by molar-refractivity contribution is 0.0672. The van der Waals surface area contributed by atoms with E-state index in [1.54, 1.807) is 0 Å². The van der Waals surface area contributed by atoms with Crippen LogP contribution in [-0.2, 0) is 5.11 Å². The molecule has 0 aromatic carbocycles. The summed E-state index contributed by atoms with van der Waals surface area (Å²) >= 11 is 0. The van der Waals surface area contributed by atoms with Crippen LogP contribution in [0.3, 0.4) is 0 Å². The predicted octanol–water partition coefficient (Wildman–Crippen LogP) is 2.24. The fraction of sp³-hybridized carbons (Fsp3) is 1.00. The highest BCUT2D eigenvalue weighted by atomic mass is 16.3. The molecule has 0 aromatic rings. The molecule has 1 radical (unpaired) electrons. The monoisotopic (exact) mass is 115 g/mol. The Hall–Kier alpha value is -0.0400. The van der Waals surface area contributed by atoms with E-state index in [0.29, 0.717) is 5.92 Å². The number of rotatable bonds is 3. The van der Waals surface area contributed by atoms with Gasteiger partial charge in [0.1, 0.15) is 0 Å². The van der Waals surface area contributed by atoms with Gasteiger partial charge in [-0.3, -0.25) is 0 Å². The largest absolute Gasteiger partial charge is 0.233 e. The van der Waals surface area contributed by atoms with Crippen molar-refractivity contribution in [3.05, 3.63) is 0 Å². The van der Waals surface area contributed by atoms with Crippen LogP contribution in [0.4, 0.5) is 0 Å². The molecule has 1 unspecified atom stereocenters. The Bertz CT molecular complexity index is 50.3. The summed E-state index contributed by atoms with van der Waals surface area (Å²) in [5, 5.41) is 10.7. The van der Waals surface area contributed by atoms with Gasteiger partial charge in [-0.25, -0.2) is 5.11 Å². The van der Waals surface area contributed by atoms with Crippen LogP contribution in [0.2, 0.25) is 0 Å². The van der Waals surface area contributed by atoms with Crippen LogP contribution in [0, 0.1) is 5.92 Å². The molecule has 0 aliphatic carbocycles. The quantitative estimate of drug-likeness (QED) is 0.537. The number of hydrogen-bond acceptors (Lipinski definition) is 0. The lowest BCUT2D eigenvalue weighted by Crippen LogP contribution is -2.05. The van der Waals surface area contributed by atoms with Gasteiger partial charge in [0, 0.05) is 0 Å². The van der Waals surface area contributed by atoms with E-state index in [1.165, 1.54) is 0 Å². The summed E-state index contributed by atoms with van der Waals surface area (Å²) in [6, 6.07) is 0. The van der Waals surface area contributed by atoms with E-state index in [0.717, 1.165) is 12.8 Å². The van der Waals surface area contributed by atoms with Gasteiger partial charge < -0.3 is 0 Å². The van der Waals surface area contributed by atoms with E-state index >= 15 is 0 Å². The molecule has 49 valence electrons. The topological polar surface area (TPSA) is 19.9 Å². The second-order valence-corrected chi connectivity index (χ2v) is 2.66. The van der Waals surface area contributed by atoms with Crippen molar-refractivity contribution in [1.82, 2.24) is 0 Å². The van der Waals surface area contributed by atoms with Gasteiger partial charge in [-0.2, -0.15) is 0 Å². The summed E-state index contributed by atoms with van der Waals surface area (Å²) in [6.45, 7) is 6.11. The van der Waals surface area contributed by atoms with Crippen molar-refractivity contribution in [3.63, 3.8) is 0 Å². The maximum Gasteiger partial charge on any atom is 0.0930 e. The SMILES string of the molecule is CCC([O])CC(C)C. The van der Waals surface area contributed by atoms with Crippen molar-refractivity contribution >= 4 is 0 Å². The molecule has 0 aromatic heterocycles. The first-order valence-electron chi connectivity index (χ1n) is 3.32. The zero-order valence-corrected chi connectivity index (χ0v) is 5.98. The average Bonchev–Trinajstić information content (AvgIpc) is 1.65. The molecule has 1 atom stereocenters. The second kappa shape index (κ2) is 3.90. The zero-order chi connectivity index (χ0) is 6.57. The second-order valence-electron chi connectivity index (χ2n) is 2.66. The average molecular weight is 115 g/mol. The Kier molecular flexibility index (Phi) is 3.88. The first-order chi connectivity index (χ1) is 3.66. The van der Waals surface area contributed by atoms with Gasteiger partial charge in [-0.05, 0) is 18.8 Å². The van der Waals surface area contributed by atoms with Crippen LogP contribution >= 0.6 is 0 Å². The molecule has 8 heavy (non-hydrogen) atoms. The Labute approximate surface area is 51.7 Å². The fourth-order valence-electron chi connectivity index (χ4n) is 0.692. The van der Waals surface area contributed by atoms with E-state index < -0.39 is 0 Å². The maximum atomic E-state index is 10.7. The van der Waals surface area contributed by atoms with Crippen molar-refractivity contribution in [2.75, 3.05) is 0 Å². The Morgan fingerprint density at radius 2 is 1.88 bits per heavy atom. The first-order valence-corrected chi connectivity index (χ1v) is 3.32. The Morgan fingerprint density at radius 1 is 1.38 bits per heavy atom. The summed E-state index contributed by atoms with van der Waals surface area (Å²) in [6.07, 6.45) is 1.28. The summed E-state index contributed by atoms with van der Waals surface area (Å²) in [5.74, 6) is 0.567. The standard InChI is InChI=1S/C7H15O/c1-4-7(8)5-6(2)3/h6-7H,4-5H2,1-3H3. The third-order valence-electron chi connectivity index (χ3n) is 1.19. The smallest absolute Gasteiger partial charge is 0.0930 e. The Balaban J connectivity index is 3.10. The first kappa shape index (κ1) is 7.96. The molecule has 0 fully saturated rings. The molecule has 0 spiro atoms. The van der Waals surface area contributed by atoms with Crippen molar-refractivity contribution in [2.45, 2.75) is 39.7 Å². The molecular weight excluding hydrogens is 100 g/mol. The van der Waals surface area contributed by atoms with Gasteiger partial charge >= 0.3 is 0 Å². The minimum atomic E-state index is -0.324. The van der Waals surface area contributed by atoms with Crippen molar-refractivity contribution in [1.29, 1.82) is 0 Å². The Morgan fingerprint density at radius 3 is 2.00 bits per heavy atom. The third-order valence-corrected chi connectivity index (χ3v) is 1.19. The van der Waals surface area contributed by atoms with E-state index in [1.807, 2.05) is 6.92 Å². The van der Waals surface area contributed by atoms with E-state index in [2.05, 4.69) is 13.8 Å². The van der Waals surface area contributed by atoms with Gasteiger partial charge in [-0.15, -0.1) is 0 Å². The minimum Gasteiger partial charge on any atom is -0.233 e. The number of hydrogen-bond donors (Lipinski definition) is 0. The van der Waals surface area contributed by atoms with Gasteiger partial charge in [0.2, 0.25) is 0 Å². The van der Waals surface area contributed by atoms with Crippen LogP contribution in [0.5, 0.6) is 0 Å². The van der Waals surface area contributed by atoms with Crippen LogP contribution < -0.4 is 0 Å². The van der Waals surface area contributed by atoms with E-state index in [9.17, 15) is 5.11 Å². The summed E-state index contributed by atoms with van der Waals surface area (Å²) < 4.78 is 0. The molecule has 0 bridgehead atoms. The van der Waals surface area contributed by atoms with E-state index in [4.69, 9.17) is 0 Å². The van der Waals surface area contributed by atoms with Crippen molar-refractivity contribution in [3.8, 4) is 0 Å². The molecule has 0 saturated heterocycles. The van der Waals surface area contributed by atoms with Crippen LogP contribution in [0.1, 0.15) is 33.6 Å². The molecule has 0 amide bonds. The molecule has 0 N–H and O–H groups in total. The lowest BCUT2D eigenvalue weighted by atomic mass is 10.0. The molecular formula is C7H15O. The lowest BCUT2D eigenvalue weighted by Gasteiger charge is -2.06. The highest BCUT2D eigenvalue weighted by molar-refractivity contribution is 4.53. The predicted molar refractivity (Wildman–Crippen MR) is 34.2 cm³/mol. The summed E-state index contributed by atoms with van der Waals surface area (Å²) in [7, 11) is 0. The van der Waals surface area contributed by atoms with Crippen molar-refractivity contribution < 1.29 is 5.11 Å². The summed E-state index contributed by atoms with van der Waals surface area (Å²) in [5.41, 5.74) is 0. The molecule has 0 rings (SSSR count). The third kappa shape index (κ3) is 4.13. The van der Waals surface area contributed by atoms with Gasteiger partial charge in [-0.1, -0.05) is 20.8 Å². The highest BCUT2D eigenvalue weighted by Gasteiger charge is 2.03. The maximum absolute atomic E-state index is 10.7. The molecule has 1 nitrogen and oxygen atoms in total. The van der Waals surface area contributed by atoms with Crippen LogP contribution in [-0.4, -0.2) is 6.10 Å². The molecule has 0 saturated carbocycles. The summed E-state index contributed by atoms with van der Waals surface area (Å²) in [4.78, 5) is 0. The van der Waals surface area contributed by atoms with E-state index in [-0.39, 0.29) is 6.10 Å². The zero-order valence-electron chi connectivity index (χ0n) is 5.98. The molecule has 0 aliphatic rings.